The molecule has 150 valence electrons. The summed E-state index contributed by atoms with van der Waals surface area (Å²) in [7, 11) is 3.24. The summed E-state index contributed by atoms with van der Waals surface area (Å²) in [4.78, 5) is 11.5. The molecule has 7 heteroatoms. The molecule has 0 bridgehead atoms. The van der Waals surface area contributed by atoms with Gasteiger partial charge in [-0.15, -0.1) is 0 Å². The van der Waals surface area contributed by atoms with E-state index in [9.17, 15) is 0 Å². The average Bonchev–Trinajstić information content (AvgIpc) is 3.25. The maximum atomic E-state index is 6.08. The minimum Gasteiger partial charge on any atom is -0.493 e. The smallest absolute Gasteiger partial charge is 0.189 e. The number of aryl methyl sites for hydroxylation is 1. The summed E-state index contributed by atoms with van der Waals surface area (Å²) in [5.74, 6) is 2.84. The molecule has 1 aromatic heterocycles. The van der Waals surface area contributed by atoms with Gasteiger partial charge in [0.05, 0.1) is 20.8 Å². The Hall–Kier alpha value is -2.96. The molecule has 0 atom stereocenters. The molecule has 0 amide bonds. The number of nitrogens with one attached hydrogen (secondary N) is 1. The van der Waals surface area contributed by atoms with Gasteiger partial charge in [-0.25, -0.2) is 9.98 Å². The van der Waals surface area contributed by atoms with Crippen LogP contribution in [0.5, 0.6) is 11.5 Å². The first kappa shape index (κ1) is 19.8. The highest BCUT2D eigenvalue weighted by Crippen LogP contribution is 2.27. The molecule has 1 aliphatic heterocycles. The van der Waals surface area contributed by atoms with Crippen molar-refractivity contribution in [2.24, 2.45) is 10.7 Å². The van der Waals surface area contributed by atoms with Gasteiger partial charge in [0.1, 0.15) is 5.82 Å². The molecule has 0 radical (unpaired) electrons. The molecule has 2 aromatic rings. The van der Waals surface area contributed by atoms with E-state index in [-0.39, 0.29) is 0 Å². The van der Waals surface area contributed by atoms with Crippen LogP contribution in [0.4, 0.5) is 5.82 Å². The highest BCUT2D eigenvalue weighted by molar-refractivity contribution is 5.78. The standard InChI is InChI=1S/C21H29N5O2/c1-15-6-8-17(20(25-15)26-10-4-5-11-26)14-24-21(22)23-13-16-7-9-18(27-2)19(12-16)28-3/h6-9,12H,4-5,10-11,13-14H2,1-3H3,(H3,22,23,24). The first-order chi connectivity index (χ1) is 13.6. The lowest BCUT2D eigenvalue weighted by atomic mass is 10.2. The van der Waals surface area contributed by atoms with E-state index in [1.54, 1.807) is 14.2 Å². The van der Waals surface area contributed by atoms with Gasteiger partial charge in [-0.05, 0) is 43.5 Å². The predicted octanol–water partition coefficient (Wildman–Crippen LogP) is 2.61. The molecule has 0 saturated carbocycles. The minimum atomic E-state index is 0.405. The van der Waals surface area contributed by atoms with Crippen LogP contribution in [0.2, 0.25) is 0 Å². The van der Waals surface area contributed by atoms with Crippen molar-refractivity contribution in [3.05, 3.63) is 47.2 Å². The van der Waals surface area contributed by atoms with Gasteiger partial charge in [-0.1, -0.05) is 12.1 Å². The summed E-state index contributed by atoms with van der Waals surface area (Å²) in [5.41, 5.74) is 9.24. The first-order valence-corrected chi connectivity index (χ1v) is 9.57. The lowest BCUT2D eigenvalue weighted by Crippen LogP contribution is -2.32. The Morgan fingerprint density at radius 1 is 1.14 bits per heavy atom. The number of pyridine rings is 1. The third kappa shape index (κ3) is 4.85. The minimum absolute atomic E-state index is 0.405. The van der Waals surface area contributed by atoms with Crippen LogP contribution in [0.25, 0.3) is 0 Å². The van der Waals surface area contributed by atoms with E-state index in [0.29, 0.717) is 30.5 Å². The quantitative estimate of drug-likeness (QED) is 0.565. The highest BCUT2D eigenvalue weighted by atomic mass is 16.5. The zero-order valence-corrected chi connectivity index (χ0v) is 16.9. The van der Waals surface area contributed by atoms with E-state index in [1.165, 1.54) is 12.8 Å². The molecule has 0 unspecified atom stereocenters. The number of nitrogens with zero attached hydrogens (tertiary/aromatic N) is 3. The number of nitrogens with two attached hydrogens (primary N) is 1. The molecule has 2 heterocycles. The predicted molar refractivity (Wildman–Crippen MR) is 112 cm³/mol. The van der Waals surface area contributed by atoms with Gasteiger partial charge in [0.25, 0.3) is 0 Å². The fraction of sp³-hybridized carbons (Fsp3) is 0.429. The summed E-state index contributed by atoms with van der Waals surface area (Å²) in [6, 6.07) is 9.88. The maximum absolute atomic E-state index is 6.08. The Bertz CT molecular complexity index is 832. The van der Waals surface area contributed by atoms with Crippen molar-refractivity contribution in [1.82, 2.24) is 10.3 Å². The van der Waals surface area contributed by atoms with Crippen LogP contribution in [-0.4, -0.2) is 38.3 Å². The topological polar surface area (TPSA) is 85.0 Å². The number of anilines is 1. The van der Waals surface area contributed by atoms with E-state index in [2.05, 4.69) is 21.3 Å². The van der Waals surface area contributed by atoms with E-state index >= 15 is 0 Å². The second-order valence-electron chi connectivity index (χ2n) is 6.87. The van der Waals surface area contributed by atoms with Crippen LogP contribution in [-0.2, 0) is 13.1 Å². The summed E-state index contributed by atoms with van der Waals surface area (Å²) in [6.45, 7) is 5.21. The lowest BCUT2D eigenvalue weighted by molar-refractivity contribution is 0.354. The molecule has 1 aliphatic rings. The van der Waals surface area contributed by atoms with Crippen LogP contribution < -0.4 is 25.4 Å². The molecule has 28 heavy (non-hydrogen) atoms. The molecular weight excluding hydrogens is 354 g/mol. The van der Waals surface area contributed by atoms with Crippen molar-refractivity contribution in [2.45, 2.75) is 32.9 Å². The van der Waals surface area contributed by atoms with Crippen LogP contribution >= 0.6 is 0 Å². The largest absolute Gasteiger partial charge is 0.493 e. The SMILES string of the molecule is COc1ccc(CN=C(N)NCc2ccc(C)nc2N2CCCC2)cc1OC. The Labute approximate surface area is 166 Å². The maximum Gasteiger partial charge on any atom is 0.189 e. The summed E-state index contributed by atoms with van der Waals surface area (Å²) in [6.07, 6.45) is 2.44. The Kier molecular flexibility index (Phi) is 6.57. The number of aromatic nitrogens is 1. The van der Waals surface area contributed by atoms with Gasteiger partial charge in [0.2, 0.25) is 0 Å². The number of benzene rings is 1. The number of aliphatic imine (C=N–C) groups is 1. The summed E-state index contributed by atoms with van der Waals surface area (Å²) < 4.78 is 10.6. The van der Waals surface area contributed by atoms with Crippen LogP contribution in [0.15, 0.2) is 35.3 Å². The molecular formula is C21H29N5O2. The van der Waals surface area contributed by atoms with Crippen molar-refractivity contribution in [2.75, 3.05) is 32.2 Å². The van der Waals surface area contributed by atoms with E-state index in [0.717, 1.165) is 35.7 Å². The summed E-state index contributed by atoms with van der Waals surface area (Å²) >= 11 is 0. The second-order valence-corrected chi connectivity index (χ2v) is 6.87. The highest BCUT2D eigenvalue weighted by Gasteiger charge is 2.17. The second kappa shape index (κ2) is 9.30. The van der Waals surface area contributed by atoms with Crippen molar-refractivity contribution in [3.63, 3.8) is 0 Å². The number of guanidine groups is 1. The van der Waals surface area contributed by atoms with Gasteiger partial charge >= 0.3 is 0 Å². The lowest BCUT2D eigenvalue weighted by Gasteiger charge is -2.21. The number of methoxy groups -OCH3 is 2. The molecule has 0 aliphatic carbocycles. The number of hydrogen-bond acceptors (Lipinski definition) is 5. The van der Waals surface area contributed by atoms with Crippen LogP contribution in [0.1, 0.15) is 29.7 Å². The van der Waals surface area contributed by atoms with Crippen molar-refractivity contribution in [3.8, 4) is 11.5 Å². The zero-order chi connectivity index (χ0) is 19.9. The molecule has 0 spiro atoms. The number of rotatable bonds is 7. The van der Waals surface area contributed by atoms with Gasteiger partial charge in [0, 0.05) is 30.9 Å². The molecule has 1 saturated heterocycles. The van der Waals surface area contributed by atoms with Crippen molar-refractivity contribution in [1.29, 1.82) is 0 Å². The fourth-order valence-corrected chi connectivity index (χ4v) is 3.31. The zero-order valence-electron chi connectivity index (χ0n) is 16.9. The van der Waals surface area contributed by atoms with Gasteiger partial charge in [-0.3, -0.25) is 0 Å². The molecule has 1 aromatic carbocycles. The Morgan fingerprint density at radius 3 is 2.61 bits per heavy atom. The Balaban J connectivity index is 1.63. The number of ether oxygens (including phenoxy) is 2. The molecule has 1 fully saturated rings. The van der Waals surface area contributed by atoms with Gasteiger partial charge in [0.15, 0.2) is 17.5 Å². The monoisotopic (exact) mass is 383 g/mol. The third-order valence-corrected chi connectivity index (χ3v) is 4.84. The van der Waals surface area contributed by atoms with Crippen LogP contribution in [0, 0.1) is 6.92 Å². The molecule has 3 N–H and O–H groups in total. The van der Waals surface area contributed by atoms with Gasteiger partial charge in [-0.2, -0.15) is 0 Å². The molecule has 7 nitrogen and oxygen atoms in total. The van der Waals surface area contributed by atoms with Gasteiger partial charge < -0.3 is 25.4 Å². The van der Waals surface area contributed by atoms with Crippen molar-refractivity contribution >= 4 is 11.8 Å². The number of hydrogen-bond donors (Lipinski definition) is 2. The normalized spacial score (nSPS) is 14.2. The van der Waals surface area contributed by atoms with E-state index in [1.807, 2.05) is 31.2 Å². The van der Waals surface area contributed by atoms with Crippen LogP contribution in [0.3, 0.4) is 0 Å². The summed E-state index contributed by atoms with van der Waals surface area (Å²) in [5, 5.41) is 3.21. The third-order valence-electron chi connectivity index (χ3n) is 4.84. The fourth-order valence-electron chi connectivity index (χ4n) is 3.31. The molecule has 3 rings (SSSR count). The van der Waals surface area contributed by atoms with E-state index in [4.69, 9.17) is 20.2 Å². The average molecular weight is 383 g/mol. The van der Waals surface area contributed by atoms with Crippen molar-refractivity contribution < 1.29 is 9.47 Å². The first-order valence-electron chi connectivity index (χ1n) is 9.57. The Morgan fingerprint density at radius 2 is 1.89 bits per heavy atom. The van der Waals surface area contributed by atoms with E-state index < -0.39 is 0 Å².